The second-order valence-corrected chi connectivity index (χ2v) is 6.32. The van der Waals surface area contributed by atoms with E-state index in [9.17, 15) is 4.79 Å². The van der Waals surface area contributed by atoms with Crippen molar-refractivity contribution >= 4 is 5.91 Å². The number of hydrogen-bond donors (Lipinski definition) is 1. The first kappa shape index (κ1) is 17.1. The molecule has 2 aromatic rings. The molecule has 2 aromatic carbocycles. The summed E-state index contributed by atoms with van der Waals surface area (Å²) in [7, 11) is 0. The van der Waals surface area contributed by atoms with Crippen molar-refractivity contribution in [3.8, 4) is 17.2 Å². The molecule has 5 heteroatoms. The summed E-state index contributed by atoms with van der Waals surface area (Å²) in [5.41, 5.74) is 3.28. The molecule has 0 bridgehead atoms. The predicted molar refractivity (Wildman–Crippen MR) is 95.2 cm³/mol. The molecule has 0 radical (unpaired) electrons. The fourth-order valence-corrected chi connectivity index (χ4v) is 2.86. The first-order valence-electron chi connectivity index (χ1n) is 8.41. The van der Waals surface area contributed by atoms with Crippen molar-refractivity contribution in [1.29, 1.82) is 0 Å². The van der Waals surface area contributed by atoms with Crippen LogP contribution in [0.4, 0.5) is 0 Å². The van der Waals surface area contributed by atoms with Crippen molar-refractivity contribution in [2.75, 3.05) is 13.4 Å². The number of nitrogens with one attached hydrogen (secondary N) is 1. The van der Waals surface area contributed by atoms with Crippen LogP contribution >= 0.6 is 0 Å². The molecule has 0 fully saturated rings. The third-order valence-electron chi connectivity index (χ3n) is 4.07. The van der Waals surface area contributed by atoms with Gasteiger partial charge >= 0.3 is 0 Å². The van der Waals surface area contributed by atoms with Gasteiger partial charge in [-0.15, -0.1) is 0 Å². The number of carbonyl (C=O) groups is 1. The van der Waals surface area contributed by atoms with Crippen LogP contribution in [0, 0.1) is 13.8 Å². The lowest BCUT2D eigenvalue weighted by molar-refractivity contribution is -0.122. The molecule has 1 aliphatic rings. The number of benzene rings is 2. The van der Waals surface area contributed by atoms with Gasteiger partial charge in [-0.3, -0.25) is 4.79 Å². The van der Waals surface area contributed by atoms with E-state index in [1.54, 1.807) is 0 Å². The molecular weight excluding hydrogens is 318 g/mol. The van der Waals surface area contributed by atoms with Crippen LogP contribution in [0.15, 0.2) is 36.4 Å². The fourth-order valence-electron chi connectivity index (χ4n) is 2.86. The number of amides is 1. The lowest BCUT2D eigenvalue weighted by Gasteiger charge is -2.15. The Balaban J connectivity index is 1.48. The average molecular weight is 341 g/mol. The summed E-state index contributed by atoms with van der Waals surface area (Å²) < 4.78 is 16.4. The van der Waals surface area contributed by atoms with Crippen LogP contribution < -0.4 is 19.5 Å². The topological polar surface area (TPSA) is 56.8 Å². The number of fused-ring (bicyclic) bond motifs is 1. The Morgan fingerprint density at radius 3 is 2.60 bits per heavy atom. The zero-order chi connectivity index (χ0) is 17.8. The van der Waals surface area contributed by atoms with E-state index in [1.165, 1.54) is 0 Å². The molecule has 0 saturated carbocycles. The van der Waals surface area contributed by atoms with Crippen LogP contribution in [0.25, 0.3) is 0 Å². The number of aryl methyl sites for hydroxylation is 2. The first-order valence-corrected chi connectivity index (χ1v) is 8.41. The maximum absolute atomic E-state index is 12.1. The molecule has 0 aromatic heterocycles. The molecule has 1 aliphatic heterocycles. The summed E-state index contributed by atoms with van der Waals surface area (Å²) in [4.78, 5) is 12.1. The van der Waals surface area contributed by atoms with Gasteiger partial charge in [-0.05, 0) is 61.7 Å². The molecule has 3 rings (SSSR count). The summed E-state index contributed by atoms with van der Waals surface area (Å²) in [5, 5.41) is 2.98. The first-order chi connectivity index (χ1) is 12.0. The van der Waals surface area contributed by atoms with Gasteiger partial charge in [-0.2, -0.15) is 0 Å². The van der Waals surface area contributed by atoms with Crippen molar-refractivity contribution < 1.29 is 19.0 Å². The van der Waals surface area contributed by atoms with E-state index in [2.05, 4.69) is 11.4 Å². The van der Waals surface area contributed by atoms with Gasteiger partial charge in [0.05, 0.1) is 19.1 Å². The zero-order valence-electron chi connectivity index (χ0n) is 14.8. The molecule has 1 N–H and O–H groups in total. The second kappa shape index (κ2) is 7.47. The standard InChI is InChI=1S/C20H23NO4/c1-13-8-14(2)10-17(9-13)23-7-6-20(22)21-15(3)16-4-5-18-19(11-16)25-12-24-18/h4-5,8-11,15H,6-7,12H2,1-3H3,(H,21,22). The Bertz CT molecular complexity index is 752. The monoisotopic (exact) mass is 341 g/mol. The number of carbonyl (C=O) groups excluding carboxylic acids is 1. The van der Waals surface area contributed by atoms with Gasteiger partial charge in [-0.1, -0.05) is 12.1 Å². The number of rotatable bonds is 6. The van der Waals surface area contributed by atoms with E-state index < -0.39 is 0 Å². The molecule has 0 aliphatic carbocycles. The smallest absolute Gasteiger partial charge is 0.231 e. The van der Waals surface area contributed by atoms with E-state index >= 15 is 0 Å². The molecule has 25 heavy (non-hydrogen) atoms. The fraction of sp³-hybridized carbons (Fsp3) is 0.350. The molecular formula is C20H23NO4. The van der Waals surface area contributed by atoms with Gasteiger partial charge in [0.1, 0.15) is 5.75 Å². The van der Waals surface area contributed by atoms with Crippen molar-refractivity contribution in [2.24, 2.45) is 0 Å². The van der Waals surface area contributed by atoms with Crippen LogP contribution in [-0.2, 0) is 4.79 Å². The van der Waals surface area contributed by atoms with E-state index in [-0.39, 0.29) is 18.7 Å². The highest BCUT2D eigenvalue weighted by molar-refractivity contribution is 5.76. The van der Waals surface area contributed by atoms with Crippen molar-refractivity contribution in [3.05, 3.63) is 53.1 Å². The maximum atomic E-state index is 12.1. The third kappa shape index (κ3) is 4.44. The van der Waals surface area contributed by atoms with Crippen LogP contribution in [0.1, 0.15) is 36.1 Å². The molecule has 5 nitrogen and oxygen atoms in total. The summed E-state index contributed by atoms with van der Waals surface area (Å²) in [6.07, 6.45) is 0.307. The Labute approximate surface area is 147 Å². The summed E-state index contributed by atoms with van der Waals surface area (Å²) in [6, 6.07) is 11.6. The van der Waals surface area contributed by atoms with Gasteiger partial charge in [0.25, 0.3) is 0 Å². The normalized spacial score (nSPS) is 13.4. The van der Waals surface area contributed by atoms with E-state index in [0.717, 1.165) is 33.9 Å². The van der Waals surface area contributed by atoms with Gasteiger partial charge in [-0.25, -0.2) is 0 Å². The third-order valence-corrected chi connectivity index (χ3v) is 4.07. The molecule has 1 unspecified atom stereocenters. The Hall–Kier alpha value is -2.69. The van der Waals surface area contributed by atoms with Gasteiger partial charge in [0, 0.05) is 0 Å². The molecule has 0 saturated heterocycles. The molecule has 1 amide bonds. The van der Waals surface area contributed by atoms with Crippen molar-refractivity contribution in [1.82, 2.24) is 5.32 Å². The van der Waals surface area contributed by atoms with E-state index in [1.807, 2.05) is 51.1 Å². The Morgan fingerprint density at radius 2 is 1.84 bits per heavy atom. The summed E-state index contributed by atoms with van der Waals surface area (Å²) in [6.45, 7) is 6.59. The predicted octanol–water partition coefficient (Wildman–Crippen LogP) is 3.68. The Kier molecular flexibility index (Phi) is 5.12. The molecule has 1 heterocycles. The highest BCUT2D eigenvalue weighted by Crippen LogP contribution is 2.34. The van der Waals surface area contributed by atoms with Crippen LogP contribution in [-0.4, -0.2) is 19.3 Å². The minimum Gasteiger partial charge on any atom is -0.493 e. The molecule has 0 spiro atoms. The lowest BCUT2D eigenvalue weighted by atomic mass is 10.1. The van der Waals surface area contributed by atoms with E-state index in [0.29, 0.717) is 13.0 Å². The Morgan fingerprint density at radius 1 is 1.12 bits per heavy atom. The van der Waals surface area contributed by atoms with E-state index in [4.69, 9.17) is 14.2 Å². The van der Waals surface area contributed by atoms with Crippen molar-refractivity contribution in [2.45, 2.75) is 33.2 Å². The number of hydrogen-bond acceptors (Lipinski definition) is 4. The summed E-state index contributed by atoms with van der Waals surface area (Å²) >= 11 is 0. The minimum atomic E-state index is -0.108. The van der Waals surface area contributed by atoms with Gasteiger partial charge < -0.3 is 19.5 Å². The van der Waals surface area contributed by atoms with Crippen LogP contribution in [0.2, 0.25) is 0 Å². The maximum Gasteiger partial charge on any atom is 0.231 e. The molecule has 1 atom stereocenters. The lowest BCUT2D eigenvalue weighted by Crippen LogP contribution is -2.27. The highest BCUT2D eigenvalue weighted by atomic mass is 16.7. The van der Waals surface area contributed by atoms with Crippen molar-refractivity contribution in [3.63, 3.8) is 0 Å². The second-order valence-electron chi connectivity index (χ2n) is 6.32. The van der Waals surface area contributed by atoms with Crippen LogP contribution in [0.5, 0.6) is 17.2 Å². The van der Waals surface area contributed by atoms with Crippen LogP contribution in [0.3, 0.4) is 0 Å². The van der Waals surface area contributed by atoms with Gasteiger partial charge in [0.2, 0.25) is 12.7 Å². The average Bonchev–Trinajstić information content (AvgIpc) is 3.01. The quantitative estimate of drug-likeness (QED) is 0.871. The minimum absolute atomic E-state index is 0.0467. The molecule has 132 valence electrons. The largest absolute Gasteiger partial charge is 0.493 e. The zero-order valence-corrected chi connectivity index (χ0v) is 14.8. The van der Waals surface area contributed by atoms with Gasteiger partial charge in [0.15, 0.2) is 11.5 Å². The number of ether oxygens (including phenoxy) is 3. The highest BCUT2D eigenvalue weighted by Gasteiger charge is 2.16. The summed E-state index contributed by atoms with van der Waals surface area (Å²) in [5.74, 6) is 2.21. The SMILES string of the molecule is Cc1cc(C)cc(OCCC(=O)NC(C)c2ccc3c(c2)OCO3)c1.